The zero-order valence-electron chi connectivity index (χ0n) is 17.4. The van der Waals surface area contributed by atoms with Crippen molar-refractivity contribution in [3.05, 3.63) is 53.1 Å². The molecular formula is C23H26ClN3O3. The van der Waals surface area contributed by atoms with Crippen LogP contribution in [0.3, 0.4) is 0 Å². The minimum Gasteiger partial charge on any atom is -0.466 e. The lowest BCUT2D eigenvalue weighted by molar-refractivity contribution is -0.155. The van der Waals surface area contributed by atoms with E-state index < -0.39 is 5.41 Å². The van der Waals surface area contributed by atoms with Gasteiger partial charge >= 0.3 is 5.97 Å². The smallest absolute Gasteiger partial charge is 0.313 e. The van der Waals surface area contributed by atoms with Crippen LogP contribution in [-0.4, -0.2) is 49.0 Å². The van der Waals surface area contributed by atoms with Crippen LogP contribution in [0.15, 0.2) is 47.5 Å². The third-order valence-electron chi connectivity index (χ3n) is 5.64. The number of fused-ring (bicyclic) bond motifs is 2. The standard InChI is InChI=1S/C23H26ClN3O3/c1-4-29-22(28)23(2,3)20-14-27(12-11-25-20)21-16-13-15(24)9-10-18(16)30-19-8-6-5-7-17(19)26-21/h5-10,13,20,25H,4,11-12,14H2,1-3H3. The number of nitrogens with one attached hydrogen (secondary N) is 1. The van der Waals surface area contributed by atoms with Gasteiger partial charge in [-0.1, -0.05) is 23.7 Å². The highest BCUT2D eigenvalue weighted by Gasteiger charge is 2.41. The minimum atomic E-state index is -0.675. The second kappa shape index (κ2) is 8.28. The molecule has 30 heavy (non-hydrogen) atoms. The van der Waals surface area contributed by atoms with Gasteiger partial charge in [-0.15, -0.1) is 0 Å². The van der Waals surface area contributed by atoms with Crippen LogP contribution in [0.2, 0.25) is 5.02 Å². The molecule has 0 saturated carbocycles. The third kappa shape index (κ3) is 3.89. The second-order valence-corrected chi connectivity index (χ2v) is 8.48. The summed E-state index contributed by atoms with van der Waals surface area (Å²) in [6.07, 6.45) is 0. The molecule has 158 valence electrons. The van der Waals surface area contributed by atoms with Gasteiger partial charge < -0.3 is 19.7 Å². The summed E-state index contributed by atoms with van der Waals surface area (Å²) in [7, 11) is 0. The van der Waals surface area contributed by atoms with Gasteiger partial charge in [0.2, 0.25) is 0 Å². The molecule has 2 aromatic carbocycles. The van der Waals surface area contributed by atoms with Crippen molar-refractivity contribution in [2.45, 2.75) is 26.8 Å². The van der Waals surface area contributed by atoms with Crippen molar-refractivity contribution in [3.8, 4) is 11.5 Å². The molecule has 7 heteroatoms. The molecule has 0 aromatic heterocycles. The van der Waals surface area contributed by atoms with E-state index in [2.05, 4.69) is 10.2 Å². The van der Waals surface area contributed by atoms with Crippen LogP contribution in [0, 0.1) is 5.41 Å². The molecular weight excluding hydrogens is 402 g/mol. The SMILES string of the molecule is CCOC(=O)C(C)(C)C1CN(C2=Nc3ccccc3Oc3ccc(Cl)cc32)CCN1. The van der Waals surface area contributed by atoms with Crippen molar-refractivity contribution < 1.29 is 14.3 Å². The van der Waals surface area contributed by atoms with Crippen LogP contribution in [0.1, 0.15) is 26.3 Å². The average Bonchev–Trinajstić information content (AvgIpc) is 2.90. The highest BCUT2D eigenvalue weighted by Crippen LogP contribution is 2.39. The number of benzene rings is 2. The maximum Gasteiger partial charge on any atom is 0.313 e. The highest BCUT2D eigenvalue weighted by molar-refractivity contribution is 6.31. The van der Waals surface area contributed by atoms with Crippen molar-refractivity contribution in [1.82, 2.24) is 10.2 Å². The van der Waals surface area contributed by atoms with Gasteiger partial charge in [0.25, 0.3) is 0 Å². The molecule has 2 aliphatic rings. The zero-order chi connectivity index (χ0) is 21.3. The fourth-order valence-corrected chi connectivity index (χ4v) is 3.99. The maximum absolute atomic E-state index is 12.6. The first-order valence-corrected chi connectivity index (χ1v) is 10.6. The summed E-state index contributed by atoms with van der Waals surface area (Å²) in [5.74, 6) is 2.00. The molecule has 2 aliphatic heterocycles. The Hall–Kier alpha value is -2.57. The molecule has 1 atom stereocenters. The summed E-state index contributed by atoms with van der Waals surface area (Å²) in [4.78, 5) is 19.7. The summed E-state index contributed by atoms with van der Waals surface area (Å²) in [6, 6.07) is 13.2. The maximum atomic E-state index is 12.6. The Bertz CT molecular complexity index is 989. The molecule has 1 saturated heterocycles. The number of hydrogen-bond acceptors (Lipinski definition) is 6. The molecule has 0 bridgehead atoms. The second-order valence-electron chi connectivity index (χ2n) is 8.04. The van der Waals surface area contributed by atoms with Gasteiger partial charge in [-0.2, -0.15) is 0 Å². The van der Waals surface area contributed by atoms with E-state index in [9.17, 15) is 4.79 Å². The number of esters is 1. The summed E-state index contributed by atoms with van der Waals surface area (Å²) in [5.41, 5.74) is 0.929. The van der Waals surface area contributed by atoms with Crippen LogP contribution < -0.4 is 10.1 Å². The quantitative estimate of drug-likeness (QED) is 0.736. The number of rotatable bonds is 3. The predicted molar refractivity (Wildman–Crippen MR) is 118 cm³/mol. The molecule has 2 heterocycles. The number of carbonyl (C=O) groups is 1. The van der Waals surface area contributed by atoms with Gasteiger partial charge in [0, 0.05) is 30.7 Å². The van der Waals surface area contributed by atoms with Crippen LogP contribution in [-0.2, 0) is 9.53 Å². The lowest BCUT2D eigenvalue weighted by Gasteiger charge is -2.41. The summed E-state index contributed by atoms with van der Waals surface area (Å²) >= 11 is 6.32. The molecule has 4 rings (SSSR count). The Morgan fingerprint density at radius 3 is 2.90 bits per heavy atom. The number of hydrogen-bond donors (Lipinski definition) is 1. The van der Waals surface area contributed by atoms with E-state index >= 15 is 0 Å². The van der Waals surface area contributed by atoms with E-state index in [1.165, 1.54) is 0 Å². The molecule has 1 unspecified atom stereocenters. The average molecular weight is 428 g/mol. The molecule has 0 radical (unpaired) electrons. The number of para-hydroxylation sites is 2. The van der Waals surface area contributed by atoms with Crippen molar-refractivity contribution in [3.63, 3.8) is 0 Å². The highest BCUT2D eigenvalue weighted by atomic mass is 35.5. The van der Waals surface area contributed by atoms with Gasteiger partial charge in [0.15, 0.2) is 5.75 Å². The topological polar surface area (TPSA) is 63.2 Å². The Morgan fingerprint density at radius 1 is 1.30 bits per heavy atom. The summed E-state index contributed by atoms with van der Waals surface area (Å²) < 4.78 is 11.5. The first kappa shape index (κ1) is 20.7. The number of piperazine rings is 1. The molecule has 1 N–H and O–H groups in total. The number of ether oxygens (including phenoxy) is 2. The predicted octanol–water partition coefficient (Wildman–Crippen LogP) is 4.39. The van der Waals surface area contributed by atoms with Crippen LogP contribution in [0.5, 0.6) is 11.5 Å². The Morgan fingerprint density at radius 2 is 2.10 bits per heavy atom. The Balaban J connectivity index is 1.72. The number of halogens is 1. The van der Waals surface area contributed by atoms with E-state index in [4.69, 9.17) is 26.1 Å². The number of carbonyl (C=O) groups excluding carboxylic acids is 1. The van der Waals surface area contributed by atoms with E-state index in [1.54, 1.807) is 0 Å². The minimum absolute atomic E-state index is 0.0879. The summed E-state index contributed by atoms with van der Waals surface area (Å²) in [5, 5.41) is 4.10. The van der Waals surface area contributed by atoms with Gasteiger partial charge in [0.1, 0.15) is 17.3 Å². The third-order valence-corrected chi connectivity index (χ3v) is 5.88. The van der Waals surface area contributed by atoms with Crippen LogP contribution >= 0.6 is 11.6 Å². The molecule has 0 spiro atoms. The first-order valence-electron chi connectivity index (χ1n) is 10.2. The van der Waals surface area contributed by atoms with Crippen LogP contribution in [0.25, 0.3) is 0 Å². The van der Waals surface area contributed by atoms with Crippen molar-refractivity contribution in [2.24, 2.45) is 10.4 Å². The van der Waals surface area contributed by atoms with E-state index in [1.807, 2.05) is 63.2 Å². The largest absolute Gasteiger partial charge is 0.466 e. The van der Waals surface area contributed by atoms with Crippen molar-refractivity contribution in [2.75, 3.05) is 26.2 Å². The van der Waals surface area contributed by atoms with Crippen molar-refractivity contribution >= 4 is 29.1 Å². The molecule has 6 nitrogen and oxygen atoms in total. The van der Waals surface area contributed by atoms with E-state index in [-0.39, 0.29) is 12.0 Å². The summed E-state index contributed by atoms with van der Waals surface area (Å²) in [6.45, 7) is 8.12. The lowest BCUT2D eigenvalue weighted by Crippen LogP contribution is -2.60. The van der Waals surface area contributed by atoms with E-state index in [0.717, 1.165) is 30.2 Å². The lowest BCUT2D eigenvalue weighted by atomic mass is 9.83. The van der Waals surface area contributed by atoms with E-state index in [0.29, 0.717) is 29.7 Å². The Kier molecular flexibility index (Phi) is 5.71. The van der Waals surface area contributed by atoms with Crippen LogP contribution in [0.4, 0.5) is 5.69 Å². The zero-order valence-corrected chi connectivity index (χ0v) is 18.2. The molecule has 0 amide bonds. The number of nitrogens with zero attached hydrogens (tertiary/aromatic N) is 2. The number of aliphatic imine (C=N–C) groups is 1. The van der Waals surface area contributed by atoms with Gasteiger partial charge in [0.05, 0.1) is 17.6 Å². The molecule has 2 aromatic rings. The fourth-order valence-electron chi connectivity index (χ4n) is 3.82. The molecule has 1 fully saturated rings. The van der Waals surface area contributed by atoms with Crippen molar-refractivity contribution in [1.29, 1.82) is 0 Å². The fraction of sp³-hybridized carbons (Fsp3) is 0.391. The number of amidine groups is 1. The molecule has 0 aliphatic carbocycles. The van der Waals surface area contributed by atoms with Gasteiger partial charge in [-0.25, -0.2) is 4.99 Å². The monoisotopic (exact) mass is 427 g/mol. The normalized spacial score (nSPS) is 18.5. The van der Waals surface area contributed by atoms with Gasteiger partial charge in [-0.3, -0.25) is 4.79 Å². The van der Waals surface area contributed by atoms with Gasteiger partial charge in [-0.05, 0) is 51.1 Å². The first-order chi connectivity index (χ1) is 14.4. The Labute approximate surface area is 181 Å².